The molecule has 18 heavy (non-hydrogen) atoms. The molecule has 6 heteroatoms. The molecule has 0 aromatic heterocycles. The van der Waals surface area contributed by atoms with Gasteiger partial charge < -0.3 is 20.5 Å². The van der Waals surface area contributed by atoms with Gasteiger partial charge in [0, 0.05) is 16.6 Å². The second kappa shape index (κ2) is 5.97. The molecule has 1 fully saturated rings. The molecular weight excluding hydrogens is 316 g/mol. The van der Waals surface area contributed by atoms with E-state index in [1.807, 2.05) is 18.2 Å². The third-order valence-electron chi connectivity index (χ3n) is 2.98. The number of thiocarbonyl (C=S) groups is 1. The van der Waals surface area contributed by atoms with Crippen molar-refractivity contribution < 1.29 is 9.84 Å². The normalized spacial score (nSPS) is 19.9. The van der Waals surface area contributed by atoms with E-state index in [9.17, 15) is 5.11 Å². The molecule has 0 bridgehead atoms. The molecule has 0 radical (unpaired) electrons. The average molecular weight is 331 g/mol. The predicted molar refractivity (Wildman–Crippen MR) is 79.1 cm³/mol. The number of aliphatic hydroxyl groups excluding tert-OH is 1. The van der Waals surface area contributed by atoms with Gasteiger partial charge in [-0.2, -0.15) is 0 Å². The van der Waals surface area contributed by atoms with Crippen molar-refractivity contribution in [2.24, 2.45) is 5.73 Å². The first-order chi connectivity index (χ1) is 8.63. The molecule has 1 aliphatic rings. The van der Waals surface area contributed by atoms with Crippen LogP contribution >= 0.6 is 28.1 Å². The monoisotopic (exact) mass is 330 g/mol. The van der Waals surface area contributed by atoms with Crippen LogP contribution in [0.25, 0.3) is 0 Å². The minimum Gasteiger partial charge on any atom is -0.394 e. The molecule has 1 aliphatic heterocycles. The van der Waals surface area contributed by atoms with Crippen molar-refractivity contribution in [2.75, 3.05) is 31.3 Å². The molecule has 0 amide bonds. The highest BCUT2D eigenvalue weighted by molar-refractivity contribution is 9.10. The molecule has 1 atom stereocenters. The zero-order valence-corrected chi connectivity index (χ0v) is 12.2. The highest BCUT2D eigenvalue weighted by Crippen LogP contribution is 2.29. The quantitative estimate of drug-likeness (QED) is 0.817. The Labute approximate surface area is 120 Å². The SMILES string of the molecule is NC(=S)c1ccc(N2CCOCC2CO)c(Br)c1. The van der Waals surface area contributed by atoms with Gasteiger partial charge in [0.1, 0.15) is 4.99 Å². The predicted octanol–water partition coefficient (Wildman–Crippen LogP) is 1.28. The highest BCUT2D eigenvalue weighted by atomic mass is 79.9. The Morgan fingerprint density at radius 1 is 1.61 bits per heavy atom. The van der Waals surface area contributed by atoms with Gasteiger partial charge in [0.05, 0.1) is 31.5 Å². The molecule has 0 spiro atoms. The van der Waals surface area contributed by atoms with Crippen molar-refractivity contribution in [1.29, 1.82) is 0 Å². The Morgan fingerprint density at radius 3 is 3.00 bits per heavy atom. The van der Waals surface area contributed by atoms with Crippen LogP contribution in [0.5, 0.6) is 0 Å². The molecule has 0 saturated carbocycles. The van der Waals surface area contributed by atoms with Gasteiger partial charge >= 0.3 is 0 Å². The van der Waals surface area contributed by atoms with Crippen LogP contribution in [0.2, 0.25) is 0 Å². The second-order valence-corrected chi connectivity index (χ2v) is 5.43. The van der Waals surface area contributed by atoms with E-state index in [0.717, 1.165) is 22.3 Å². The molecule has 2 rings (SSSR count). The maximum absolute atomic E-state index is 9.38. The summed E-state index contributed by atoms with van der Waals surface area (Å²) in [5.74, 6) is 0. The van der Waals surface area contributed by atoms with Gasteiger partial charge in [-0.05, 0) is 34.1 Å². The molecule has 1 aromatic carbocycles. The van der Waals surface area contributed by atoms with Crippen LogP contribution in [0.4, 0.5) is 5.69 Å². The topological polar surface area (TPSA) is 58.7 Å². The van der Waals surface area contributed by atoms with Gasteiger partial charge in [0.2, 0.25) is 0 Å². The van der Waals surface area contributed by atoms with Crippen molar-refractivity contribution in [2.45, 2.75) is 6.04 Å². The van der Waals surface area contributed by atoms with Crippen LogP contribution < -0.4 is 10.6 Å². The Hall–Kier alpha value is -0.690. The van der Waals surface area contributed by atoms with Crippen molar-refractivity contribution in [3.63, 3.8) is 0 Å². The maximum atomic E-state index is 9.38. The van der Waals surface area contributed by atoms with Crippen molar-refractivity contribution in [3.05, 3.63) is 28.2 Å². The number of nitrogens with zero attached hydrogens (tertiary/aromatic N) is 1. The summed E-state index contributed by atoms with van der Waals surface area (Å²) in [4.78, 5) is 2.51. The maximum Gasteiger partial charge on any atom is 0.104 e. The number of ether oxygens (including phenoxy) is 1. The summed E-state index contributed by atoms with van der Waals surface area (Å²) in [6.45, 7) is 2.04. The van der Waals surface area contributed by atoms with E-state index in [0.29, 0.717) is 18.2 Å². The lowest BCUT2D eigenvalue weighted by molar-refractivity contribution is 0.0726. The molecule has 4 nitrogen and oxygen atoms in total. The van der Waals surface area contributed by atoms with Gasteiger partial charge in [0.25, 0.3) is 0 Å². The highest BCUT2D eigenvalue weighted by Gasteiger charge is 2.24. The smallest absolute Gasteiger partial charge is 0.104 e. The molecule has 1 aromatic rings. The summed E-state index contributed by atoms with van der Waals surface area (Å²) in [5, 5.41) is 9.38. The van der Waals surface area contributed by atoms with E-state index in [1.165, 1.54) is 0 Å². The van der Waals surface area contributed by atoms with Crippen LogP contribution in [0.3, 0.4) is 0 Å². The fourth-order valence-electron chi connectivity index (χ4n) is 2.02. The molecule has 3 N–H and O–H groups in total. The fourth-order valence-corrected chi connectivity index (χ4v) is 2.75. The Bertz CT molecular complexity index is 456. The first-order valence-electron chi connectivity index (χ1n) is 5.68. The minimum atomic E-state index is -0.00859. The van der Waals surface area contributed by atoms with Crippen LogP contribution in [-0.4, -0.2) is 42.5 Å². The van der Waals surface area contributed by atoms with Gasteiger partial charge in [0.15, 0.2) is 0 Å². The summed E-state index contributed by atoms with van der Waals surface area (Å²) in [7, 11) is 0. The Balaban J connectivity index is 2.29. The van der Waals surface area contributed by atoms with E-state index in [1.54, 1.807) is 0 Å². The number of rotatable bonds is 3. The number of nitrogens with two attached hydrogens (primary N) is 1. The number of hydrogen-bond donors (Lipinski definition) is 2. The molecular formula is C12H15BrN2O2S. The van der Waals surface area contributed by atoms with E-state index in [-0.39, 0.29) is 12.6 Å². The molecule has 0 aliphatic carbocycles. The Morgan fingerprint density at radius 2 is 2.39 bits per heavy atom. The molecule has 98 valence electrons. The fraction of sp³-hybridized carbons (Fsp3) is 0.417. The number of anilines is 1. The van der Waals surface area contributed by atoms with Gasteiger partial charge in [-0.15, -0.1) is 0 Å². The lowest BCUT2D eigenvalue weighted by Crippen LogP contribution is -2.47. The van der Waals surface area contributed by atoms with Crippen molar-refractivity contribution in [1.82, 2.24) is 0 Å². The minimum absolute atomic E-state index is 0.00859. The van der Waals surface area contributed by atoms with Crippen LogP contribution in [0, 0.1) is 0 Å². The molecule has 1 saturated heterocycles. The standard InChI is InChI=1S/C12H15BrN2O2S/c13-10-5-8(12(14)18)1-2-11(10)15-3-4-17-7-9(15)6-16/h1-2,5,9,16H,3-4,6-7H2,(H2,14,18). The number of hydrogen-bond acceptors (Lipinski definition) is 4. The Kier molecular flexibility index (Phi) is 4.55. The van der Waals surface area contributed by atoms with E-state index >= 15 is 0 Å². The van der Waals surface area contributed by atoms with Gasteiger partial charge in [-0.3, -0.25) is 0 Å². The number of morpholine rings is 1. The summed E-state index contributed by atoms with van der Waals surface area (Å²) in [6.07, 6.45) is 0. The zero-order chi connectivity index (χ0) is 13.1. The summed E-state index contributed by atoms with van der Waals surface area (Å²) < 4.78 is 6.29. The first-order valence-corrected chi connectivity index (χ1v) is 6.88. The van der Waals surface area contributed by atoms with Gasteiger partial charge in [-0.1, -0.05) is 12.2 Å². The van der Waals surface area contributed by atoms with Gasteiger partial charge in [-0.25, -0.2) is 0 Å². The van der Waals surface area contributed by atoms with Crippen LogP contribution in [0.1, 0.15) is 5.56 Å². The van der Waals surface area contributed by atoms with E-state index in [2.05, 4.69) is 20.8 Å². The van der Waals surface area contributed by atoms with Crippen molar-refractivity contribution in [3.8, 4) is 0 Å². The first kappa shape index (κ1) is 13.7. The second-order valence-electron chi connectivity index (χ2n) is 4.14. The largest absolute Gasteiger partial charge is 0.394 e. The lowest BCUT2D eigenvalue weighted by Gasteiger charge is -2.37. The van der Waals surface area contributed by atoms with Crippen molar-refractivity contribution >= 4 is 38.8 Å². The van der Waals surface area contributed by atoms with E-state index in [4.69, 9.17) is 22.7 Å². The number of benzene rings is 1. The van der Waals surface area contributed by atoms with Crippen LogP contribution in [0.15, 0.2) is 22.7 Å². The third-order valence-corrected chi connectivity index (χ3v) is 3.85. The summed E-state index contributed by atoms with van der Waals surface area (Å²) in [6, 6.07) is 5.76. The molecule has 1 unspecified atom stereocenters. The zero-order valence-electron chi connectivity index (χ0n) is 9.80. The number of aliphatic hydroxyl groups is 1. The lowest BCUT2D eigenvalue weighted by atomic mass is 10.1. The van der Waals surface area contributed by atoms with Crippen LogP contribution in [-0.2, 0) is 4.74 Å². The third kappa shape index (κ3) is 2.83. The number of halogens is 1. The molecule has 1 heterocycles. The average Bonchev–Trinajstić information content (AvgIpc) is 2.38. The van der Waals surface area contributed by atoms with E-state index < -0.39 is 0 Å². The summed E-state index contributed by atoms with van der Waals surface area (Å²) in [5.41, 5.74) is 7.46. The summed E-state index contributed by atoms with van der Waals surface area (Å²) >= 11 is 8.48.